The van der Waals surface area contributed by atoms with Crippen LogP contribution in [0.2, 0.25) is 0 Å². The second-order valence-electron chi connectivity index (χ2n) is 7.52. The number of hydrogen-bond acceptors (Lipinski definition) is 4. The molecule has 30 heavy (non-hydrogen) atoms. The van der Waals surface area contributed by atoms with Gasteiger partial charge in [0.25, 0.3) is 5.91 Å². The Morgan fingerprint density at radius 1 is 1.03 bits per heavy atom. The number of methoxy groups -OCH3 is 2. The molecule has 2 unspecified atom stereocenters. The number of carbonyl (C=O) groups excluding carboxylic acids is 2. The number of nitrogens with zero attached hydrogens (tertiary/aromatic N) is 1. The van der Waals surface area contributed by atoms with E-state index >= 15 is 0 Å². The van der Waals surface area contributed by atoms with Crippen LogP contribution in [0.25, 0.3) is 0 Å². The van der Waals surface area contributed by atoms with Gasteiger partial charge in [0.2, 0.25) is 5.91 Å². The number of hydrogen-bond donors (Lipinski definition) is 1. The lowest BCUT2D eigenvalue weighted by Gasteiger charge is -2.21. The number of unbranched alkanes of at least 4 members (excludes halogenated alkanes) is 1. The summed E-state index contributed by atoms with van der Waals surface area (Å²) in [5, 5.41) is 3.04. The van der Waals surface area contributed by atoms with Gasteiger partial charge in [-0.3, -0.25) is 9.59 Å². The molecule has 2 aromatic carbocycles. The van der Waals surface area contributed by atoms with Crippen molar-refractivity contribution in [2.75, 3.05) is 33.9 Å². The maximum absolute atomic E-state index is 13.1. The van der Waals surface area contributed by atoms with Gasteiger partial charge in [-0.25, -0.2) is 0 Å². The Kier molecular flexibility index (Phi) is 7.33. The molecule has 1 N–H and O–H groups in total. The smallest absolute Gasteiger partial charge is 0.253 e. The van der Waals surface area contributed by atoms with Crippen LogP contribution in [0.4, 0.5) is 0 Å². The minimum absolute atomic E-state index is 0.0262. The van der Waals surface area contributed by atoms with Crippen molar-refractivity contribution in [2.45, 2.75) is 25.7 Å². The van der Waals surface area contributed by atoms with Crippen LogP contribution in [0.5, 0.6) is 11.5 Å². The van der Waals surface area contributed by atoms with Crippen LogP contribution in [0, 0.1) is 5.92 Å². The molecule has 2 atom stereocenters. The molecule has 0 saturated carbocycles. The van der Waals surface area contributed by atoms with E-state index in [-0.39, 0.29) is 23.7 Å². The standard InChI is InChI=1S/C24H30N2O4/c1-4-5-14-25-23(27)20-16-26(24(28)17-10-7-6-8-11-17)15-19(20)18-12-9-13-21(29-2)22(18)30-3/h6-13,19-20H,4-5,14-16H2,1-3H3,(H,25,27). The van der Waals surface area contributed by atoms with Gasteiger partial charge in [0.1, 0.15) is 0 Å². The van der Waals surface area contributed by atoms with Crippen LogP contribution < -0.4 is 14.8 Å². The normalized spacial score (nSPS) is 18.2. The van der Waals surface area contributed by atoms with Crippen molar-refractivity contribution in [3.63, 3.8) is 0 Å². The largest absolute Gasteiger partial charge is 0.493 e. The number of nitrogens with one attached hydrogen (secondary N) is 1. The molecule has 1 fully saturated rings. The van der Waals surface area contributed by atoms with Crippen LogP contribution in [-0.2, 0) is 4.79 Å². The highest BCUT2D eigenvalue weighted by Crippen LogP contribution is 2.42. The molecule has 3 rings (SSSR count). The highest BCUT2D eigenvalue weighted by Gasteiger charge is 2.42. The summed E-state index contributed by atoms with van der Waals surface area (Å²) in [5.41, 5.74) is 1.51. The second-order valence-corrected chi connectivity index (χ2v) is 7.52. The Morgan fingerprint density at radius 3 is 2.47 bits per heavy atom. The van der Waals surface area contributed by atoms with E-state index in [2.05, 4.69) is 12.2 Å². The average molecular weight is 411 g/mol. The van der Waals surface area contributed by atoms with E-state index in [1.807, 2.05) is 36.4 Å². The third kappa shape index (κ3) is 4.58. The van der Waals surface area contributed by atoms with Gasteiger partial charge in [-0.2, -0.15) is 0 Å². The Balaban J connectivity index is 1.92. The molecular weight excluding hydrogens is 380 g/mol. The molecule has 0 aliphatic carbocycles. The molecule has 2 amide bonds. The van der Waals surface area contributed by atoms with E-state index < -0.39 is 0 Å². The van der Waals surface area contributed by atoms with Crippen molar-refractivity contribution in [3.8, 4) is 11.5 Å². The first-order valence-electron chi connectivity index (χ1n) is 10.4. The Labute approximate surface area is 178 Å². The molecule has 0 spiro atoms. The monoisotopic (exact) mass is 410 g/mol. The number of amides is 2. The summed E-state index contributed by atoms with van der Waals surface area (Å²) in [6.45, 7) is 3.55. The molecule has 0 aromatic heterocycles. The average Bonchev–Trinajstić information content (AvgIpc) is 3.24. The van der Waals surface area contributed by atoms with E-state index in [1.54, 1.807) is 31.3 Å². The third-order valence-electron chi connectivity index (χ3n) is 5.63. The molecule has 1 aliphatic rings. The topological polar surface area (TPSA) is 67.9 Å². The summed E-state index contributed by atoms with van der Waals surface area (Å²) in [5.74, 6) is 0.617. The maximum Gasteiger partial charge on any atom is 0.253 e. The lowest BCUT2D eigenvalue weighted by atomic mass is 9.87. The summed E-state index contributed by atoms with van der Waals surface area (Å²) < 4.78 is 11.1. The first-order chi connectivity index (χ1) is 14.6. The lowest BCUT2D eigenvalue weighted by molar-refractivity contribution is -0.124. The van der Waals surface area contributed by atoms with Crippen molar-refractivity contribution in [2.24, 2.45) is 5.92 Å². The van der Waals surface area contributed by atoms with E-state index in [0.29, 0.717) is 36.7 Å². The molecule has 0 bridgehead atoms. The van der Waals surface area contributed by atoms with Crippen LogP contribution in [0.3, 0.4) is 0 Å². The zero-order valence-corrected chi connectivity index (χ0v) is 17.9. The zero-order valence-electron chi connectivity index (χ0n) is 17.9. The first kappa shape index (κ1) is 21.7. The highest BCUT2D eigenvalue weighted by molar-refractivity contribution is 5.95. The van der Waals surface area contributed by atoms with Crippen molar-refractivity contribution in [1.82, 2.24) is 10.2 Å². The molecule has 1 heterocycles. The van der Waals surface area contributed by atoms with Gasteiger partial charge in [0.15, 0.2) is 11.5 Å². The minimum Gasteiger partial charge on any atom is -0.493 e. The maximum atomic E-state index is 13.1. The number of likely N-dealkylation sites (tertiary alicyclic amines) is 1. The fraction of sp³-hybridized carbons (Fsp3) is 0.417. The molecular formula is C24H30N2O4. The predicted molar refractivity (Wildman–Crippen MR) is 116 cm³/mol. The fourth-order valence-electron chi connectivity index (χ4n) is 4.04. The molecule has 1 aliphatic heterocycles. The lowest BCUT2D eigenvalue weighted by Crippen LogP contribution is -2.36. The molecule has 160 valence electrons. The fourth-order valence-corrected chi connectivity index (χ4v) is 4.04. The summed E-state index contributed by atoms with van der Waals surface area (Å²) in [4.78, 5) is 27.9. The summed E-state index contributed by atoms with van der Waals surface area (Å²) in [7, 11) is 3.19. The molecule has 6 nitrogen and oxygen atoms in total. The first-order valence-corrected chi connectivity index (χ1v) is 10.4. The Hall–Kier alpha value is -3.02. The number of carbonyl (C=O) groups is 2. The van der Waals surface area contributed by atoms with E-state index in [1.165, 1.54) is 0 Å². The Bertz CT molecular complexity index is 869. The molecule has 1 saturated heterocycles. The molecule has 6 heteroatoms. The van der Waals surface area contributed by atoms with Crippen molar-refractivity contribution in [3.05, 3.63) is 59.7 Å². The number of ether oxygens (including phenoxy) is 2. The van der Waals surface area contributed by atoms with Gasteiger partial charge >= 0.3 is 0 Å². The van der Waals surface area contributed by atoms with Crippen LogP contribution in [0.1, 0.15) is 41.6 Å². The van der Waals surface area contributed by atoms with Crippen molar-refractivity contribution < 1.29 is 19.1 Å². The number of para-hydroxylation sites is 1. The summed E-state index contributed by atoms with van der Waals surface area (Å²) in [6, 6.07) is 14.9. The third-order valence-corrected chi connectivity index (χ3v) is 5.63. The summed E-state index contributed by atoms with van der Waals surface area (Å²) in [6.07, 6.45) is 1.94. The van der Waals surface area contributed by atoms with Gasteiger partial charge in [0.05, 0.1) is 20.1 Å². The Morgan fingerprint density at radius 2 is 1.80 bits per heavy atom. The molecule has 0 radical (unpaired) electrons. The quantitative estimate of drug-likeness (QED) is 0.677. The van der Waals surface area contributed by atoms with E-state index in [4.69, 9.17) is 9.47 Å². The number of benzene rings is 2. The highest BCUT2D eigenvalue weighted by atomic mass is 16.5. The zero-order chi connectivity index (χ0) is 21.5. The molecule has 2 aromatic rings. The van der Waals surface area contributed by atoms with Crippen LogP contribution >= 0.6 is 0 Å². The van der Waals surface area contributed by atoms with Crippen molar-refractivity contribution in [1.29, 1.82) is 0 Å². The predicted octanol–water partition coefficient (Wildman–Crippen LogP) is 3.48. The van der Waals surface area contributed by atoms with Gasteiger partial charge in [-0.1, -0.05) is 43.7 Å². The van der Waals surface area contributed by atoms with Gasteiger partial charge < -0.3 is 19.7 Å². The van der Waals surface area contributed by atoms with Crippen LogP contribution in [-0.4, -0.2) is 50.6 Å². The van der Waals surface area contributed by atoms with Gasteiger partial charge in [-0.15, -0.1) is 0 Å². The van der Waals surface area contributed by atoms with Crippen LogP contribution in [0.15, 0.2) is 48.5 Å². The minimum atomic E-state index is -0.351. The summed E-state index contributed by atoms with van der Waals surface area (Å²) >= 11 is 0. The van der Waals surface area contributed by atoms with Gasteiger partial charge in [-0.05, 0) is 24.6 Å². The van der Waals surface area contributed by atoms with Crippen molar-refractivity contribution >= 4 is 11.8 Å². The van der Waals surface area contributed by atoms with Gasteiger partial charge in [0, 0.05) is 36.7 Å². The second kappa shape index (κ2) is 10.1. The van der Waals surface area contributed by atoms with E-state index in [0.717, 1.165) is 18.4 Å². The van der Waals surface area contributed by atoms with E-state index in [9.17, 15) is 9.59 Å². The number of rotatable bonds is 8. The SMILES string of the molecule is CCCCNC(=O)C1CN(C(=O)c2ccccc2)CC1c1cccc(OC)c1OC.